The van der Waals surface area contributed by atoms with Crippen LogP contribution in [0, 0.1) is 0 Å². The van der Waals surface area contributed by atoms with Crippen LogP contribution in [0.3, 0.4) is 0 Å². The van der Waals surface area contributed by atoms with Crippen LogP contribution in [0.2, 0.25) is 0 Å². The Balaban J connectivity index is 1.99. The van der Waals surface area contributed by atoms with Crippen molar-refractivity contribution in [2.24, 2.45) is 0 Å². The molecule has 6 nitrogen and oxygen atoms in total. The molecule has 0 fully saturated rings. The normalized spacial score (nSPS) is 10.4. The van der Waals surface area contributed by atoms with Crippen LogP contribution in [0.15, 0.2) is 24.3 Å². The zero-order chi connectivity index (χ0) is 15.1. The maximum atomic E-state index is 5.66. The van der Waals surface area contributed by atoms with E-state index in [1.807, 2.05) is 6.92 Å². The second-order valence-electron chi connectivity index (χ2n) is 4.67. The fraction of sp³-hybridized carbons (Fsp3) is 0.400. The van der Waals surface area contributed by atoms with Crippen LogP contribution in [0.5, 0.6) is 6.01 Å². The summed E-state index contributed by atoms with van der Waals surface area (Å²) in [5.41, 5.74) is 8.13. The van der Waals surface area contributed by atoms with Crippen molar-refractivity contribution in [3.05, 3.63) is 35.4 Å². The quantitative estimate of drug-likeness (QED) is 0.813. The van der Waals surface area contributed by atoms with E-state index in [2.05, 4.69) is 51.5 Å². The third-order valence-electron chi connectivity index (χ3n) is 2.95. The molecule has 21 heavy (non-hydrogen) atoms. The van der Waals surface area contributed by atoms with Gasteiger partial charge in [-0.1, -0.05) is 38.1 Å². The monoisotopic (exact) mass is 287 g/mol. The minimum atomic E-state index is 0.153. The highest BCUT2D eigenvalue weighted by molar-refractivity contribution is 5.34. The first-order valence-corrected chi connectivity index (χ1v) is 7.17. The average molecular weight is 287 g/mol. The van der Waals surface area contributed by atoms with Crippen LogP contribution in [-0.2, 0) is 13.0 Å². The van der Waals surface area contributed by atoms with Crippen molar-refractivity contribution in [3.8, 4) is 6.01 Å². The van der Waals surface area contributed by atoms with Crippen LogP contribution in [0.25, 0.3) is 0 Å². The SMILES string of the molecule is CCCOc1nc(N)nc(NCc2ccc(CC)cc2)n1. The topological polar surface area (TPSA) is 86.0 Å². The summed E-state index contributed by atoms with van der Waals surface area (Å²) < 4.78 is 5.38. The van der Waals surface area contributed by atoms with E-state index in [-0.39, 0.29) is 12.0 Å². The number of benzene rings is 1. The van der Waals surface area contributed by atoms with Gasteiger partial charge < -0.3 is 15.8 Å². The van der Waals surface area contributed by atoms with Crippen molar-refractivity contribution in [3.63, 3.8) is 0 Å². The van der Waals surface area contributed by atoms with E-state index in [1.165, 1.54) is 5.56 Å². The summed E-state index contributed by atoms with van der Waals surface area (Å²) in [4.78, 5) is 12.2. The summed E-state index contributed by atoms with van der Waals surface area (Å²) in [6.45, 7) is 5.34. The van der Waals surface area contributed by atoms with E-state index in [4.69, 9.17) is 10.5 Å². The molecule has 6 heteroatoms. The van der Waals surface area contributed by atoms with E-state index in [0.717, 1.165) is 18.4 Å². The predicted octanol–water partition coefficient (Wildman–Crippen LogP) is 2.42. The molecule has 0 saturated heterocycles. The number of rotatable bonds is 7. The summed E-state index contributed by atoms with van der Waals surface area (Å²) >= 11 is 0. The average Bonchev–Trinajstić information content (AvgIpc) is 2.51. The van der Waals surface area contributed by atoms with E-state index >= 15 is 0 Å². The molecule has 0 amide bonds. The van der Waals surface area contributed by atoms with Crippen LogP contribution in [0.4, 0.5) is 11.9 Å². The van der Waals surface area contributed by atoms with Crippen molar-refractivity contribution in [2.45, 2.75) is 33.2 Å². The Bertz CT molecular complexity index is 571. The number of anilines is 2. The molecule has 1 heterocycles. The molecule has 1 aromatic carbocycles. The minimum Gasteiger partial charge on any atom is -0.463 e. The molecule has 0 bridgehead atoms. The lowest BCUT2D eigenvalue weighted by molar-refractivity contribution is 0.292. The Hall–Kier alpha value is -2.37. The molecular weight excluding hydrogens is 266 g/mol. The van der Waals surface area contributed by atoms with Crippen molar-refractivity contribution in [1.29, 1.82) is 0 Å². The summed E-state index contributed by atoms with van der Waals surface area (Å²) in [7, 11) is 0. The van der Waals surface area contributed by atoms with Crippen LogP contribution >= 0.6 is 0 Å². The second-order valence-corrected chi connectivity index (χ2v) is 4.67. The van der Waals surface area contributed by atoms with Gasteiger partial charge in [-0.2, -0.15) is 15.0 Å². The maximum Gasteiger partial charge on any atom is 0.323 e. The summed E-state index contributed by atoms with van der Waals surface area (Å²) in [5.74, 6) is 0.577. The number of hydrogen-bond acceptors (Lipinski definition) is 6. The first-order valence-electron chi connectivity index (χ1n) is 7.17. The van der Waals surface area contributed by atoms with Gasteiger partial charge >= 0.3 is 6.01 Å². The molecule has 0 radical (unpaired) electrons. The Morgan fingerprint density at radius 2 is 1.76 bits per heavy atom. The first-order chi connectivity index (χ1) is 10.2. The van der Waals surface area contributed by atoms with Crippen molar-refractivity contribution >= 4 is 11.9 Å². The molecule has 2 aromatic rings. The standard InChI is InChI=1S/C15H21N5O/c1-3-9-21-15-19-13(16)18-14(20-15)17-10-12-7-5-11(4-2)6-8-12/h5-8H,3-4,9-10H2,1-2H3,(H3,16,17,18,19,20). The summed E-state index contributed by atoms with van der Waals surface area (Å²) in [6.07, 6.45) is 1.92. The van der Waals surface area contributed by atoms with E-state index < -0.39 is 0 Å². The smallest absolute Gasteiger partial charge is 0.323 e. The molecule has 0 aliphatic heterocycles. The minimum absolute atomic E-state index is 0.153. The molecule has 112 valence electrons. The fourth-order valence-electron chi connectivity index (χ4n) is 1.78. The van der Waals surface area contributed by atoms with Gasteiger partial charge in [-0.05, 0) is 24.0 Å². The number of nitrogen functional groups attached to an aromatic ring is 1. The lowest BCUT2D eigenvalue weighted by atomic mass is 10.1. The zero-order valence-corrected chi connectivity index (χ0v) is 12.5. The highest BCUT2D eigenvalue weighted by Crippen LogP contribution is 2.11. The first kappa shape index (κ1) is 15.0. The van der Waals surface area contributed by atoms with Crippen LogP contribution in [0.1, 0.15) is 31.4 Å². The van der Waals surface area contributed by atoms with Crippen LogP contribution in [-0.4, -0.2) is 21.6 Å². The third kappa shape index (κ3) is 4.59. The van der Waals surface area contributed by atoms with Gasteiger partial charge in [0.1, 0.15) is 0 Å². The number of nitrogens with zero attached hydrogens (tertiary/aromatic N) is 3. The lowest BCUT2D eigenvalue weighted by Gasteiger charge is -2.08. The summed E-state index contributed by atoms with van der Waals surface area (Å²) in [5, 5.41) is 3.13. The number of ether oxygens (including phenoxy) is 1. The van der Waals surface area contributed by atoms with E-state index in [0.29, 0.717) is 19.1 Å². The summed E-state index contributed by atoms with van der Waals surface area (Å²) in [6, 6.07) is 8.67. The van der Waals surface area contributed by atoms with Gasteiger partial charge in [-0.25, -0.2) is 0 Å². The van der Waals surface area contributed by atoms with Gasteiger partial charge in [0.2, 0.25) is 11.9 Å². The number of nitrogens with two attached hydrogens (primary N) is 1. The van der Waals surface area contributed by atoms with Crippen molar-refractivity contribution in [1.82, 2.24) is 15.0 Å². The molecule has 0 saturated carbocycles. The Morgan fingerprint density at radius 3 is 2.43 bits per heavy atom. The van der Waals surface area contributed by atoms with Gasteiger partial charge in [0.15, 0.2) is 0 Å². The molecule has 0 aliphatic carbocycles. The Labute approximate surface area is 124 Å². The number of aryl methyl sites for hydroxylation is 1. The van der Waals surface area contributed by atoms with Gasteiger partial charge in [0, 0.05) is 6.54 Å². The number of nitrogens with one attached hydrogen (secondary N) is 1. The zero-order valence-electron chi connectivity index (χ0n) is 12.5. The molecule has 0 atom stereocenters. The molecule has 0 aliphatic rings. The van der Waals surface area contributed by atoms with E-state index in [1.54, 1.807) is 0 Å². The molecule has 2 rings (SSSR count). The predicted molar refractivity (Wildman–Crippen MR) is 83.2 cm³/mol. The molecular formula is C15H21N5O. The second kappa shape index (κ2) is 7.42. The van der Waals surface area contributed by atoms with Crippen molar-refractivity contribution < 1.29 is 4.74 Å². The lowest BCUT2D eigenvalue weighted by Crippen LogP contribution is -2.09. The van der Waals surface area contributed by atoms with Gasteiger partial charge in [0.05, 0.1) is 6.61 Å². The maximum absolute atomic E-state index is 5.66. The molecule has 0 unspecified atom stereocenters. The fourth-order valence-corrected chi connectivity index (χ4v) is 1.78. The Kier molecular flexibility index (Phi) is 5.31. The molecule has 0 spiro atoms. The van der Waals surface area contributed by atoms with Gasteiger partial charge in [-0.3, -0.25) is 0 Å². The van der Waals surface area contributed by atoms with Crippen molar-refractivity contribution in [2.75, 3.05) is 17.7 Å². The molecule has 1 aromatic heterocycles. The Morgan fingerprint density at radius 1 is 1.05 bits per heavy atom. The van der Waals surface area contributed by atoms with E-state index in [9.17, 15) is 0 Å². The largest absolute Gasteiger partial charge is 0.463 e. The number of hydrogen-bond donors (Lipinski definition) is 2. The third-order valence-corrected chi connectivity index (χ3v) is 2.95. The van der Waals surface area contributed by atoms with Gasteiger partial charge in [0.25, 0.3) is 0 Å². The highest BCUT2D eigenvalue weighted by Gasteiger charge is 2.05. The number of aromatic nitrogens is 3. The molecule has 3 N–H and O–H groups in total. The van der Waals surface area contributed by atoms with Crippen LogP contribution < -0.4 is 15.8 Å². The highest BCUT2D eigenvalue weighted by atomic mass is 16.5. The van der Waals surface area contributed by atoms with Gasteiger partial charge in [-0.15, -0.1) is 0 Å².